The van der Waals surface area contributed by atoms with Crippen molar-refractivity contribution in [2.24, 2.45) is 5.41 Å². The van der Waals surface area contributed by atoms with Crippen LogP contribution in [0.25, 0.3) is 0 Å². The molecule has 0 spiro atoms. The van der Waals surface area contributed by atoms with Gasteiger partial charge in [0, 0.05) is 0 Å². The third-order valence-electron chi connectivity index (χ3n) is 5.37. The molecule has 3 saturated heterocycles. The summed E-state index contributed by atoms with van der Waals surface area (Å²) in [6.07, 6.45) is 2.21. The van der Waals surface area contributed by atoms with E-state index < -0.39 is 0 Å². The van der Waals surface area contributed by atoms with Gasteiger partial charge in [-0.05, 0) is 0 Å². The molecule has 0 aromatic carbocycles. The number of ketones is 3. The Hall–Kier alpha value is 2.43. The average molecular weight is 811 g/mol. The molecule has 0 amide bonds. The monoisotopic (exact) mass is 818 g/mol. The third kappa shape index (κ3) is 11.7. The van der Waals surface area contributed by atoms with E-state index in [9.17, 15) is 14.4 Å². The molecule has 0 N–H and O–H groups in total. The summed E-state index contributed by atoms with van der Waals surface area (Å²) in [5.74, 6) is 4.86. The topological polar surface area (TPSA) is 51.2 Å². The van der Waals surface area contributed by atoms with E-state index in [4.69, 9.17) is 0 Å². The summed E-state index contributed by atoms with van der Waals surface area (Å²) in [4.78, 5) is 38.5. The predicted octanol–water partition coefficient (Wildman–Crippen LogP) is 4.23. The number of carbonyl (C=O) groups excluding carboxylic acids is 3. The Morgan fingerprint density at radius 3 is 1.23 bits per heavy atom. The van der Waals surface area contributed by atoms with Gasteiger partial charge >= 0.3 is 228 Å². The molecule has 30 heavy (non-hydrogen) atoms. The van der Waals surface area contributed by atoms with E-state index in [-0.39, 0.29) is 68.2 Å². The van der Waals surface area contributed by atoms with Gasteiger partial charge in [0.15, 0.2) is 0 Å². The molecule has 0 aromatic rings. The van der Waals surface area contributed by atoms with Crippen molar-refractivity contribution >= 4 is 115 Å². The fourth-order valence-corrected chi connectivity index (χ4v) is 17.3. The van der Waals surface area contributed by atoms with Crippen molar-refractivity contribution in [3.05, 3.63) is 0 Å². The summed E-state index contributed by atoms with van der Waals surface area (Å²) >= 11 is 5.36. The summed E-state index contributed by atoms with van der Waals surface area (Å²) < 4.78 is 6.08. The molecule has 9 heteroatoms. The maximum atomic E-state index is 12.8. The van der Waals surface area contributed by atoms with Crippen LogP contribution in [0, 0.1) is 5.41 Å². The van der Waals surface area contributed by atoms with E-state index in [1.54, 1.807) is 0 Å². The van der Waals surface area contributed by atoms with Crippen LogP contribution in [0.3, 0.4) is 0 Å². The molecule has 3 unspecified atom stereocenters. The minimum atomic E-state index is -0.380. The van der Waals surface area contributed by atoms with E-state index in [0.29, 0.717) is 36.6 Å². The van der Waals surface area contributed by atoms with Crippen molar-refractivity contribution < 1.29 is 14.4 Å². The fourth-order valence-electron chi connectivity index (χ4n) is 3.38. The van der Waals surface area contributed by atoms with Gasteiger partial charge in [-0.25, -0.2) is 0 Å². The zero-order valence-corrected chi connectivity index (χ0v) is 27.0. The summed E-state index contributed by atoms with van der Waals surface area (Å²) in [7, 11) is 0. The van der Waals surface area contributed by atoms with Crippen molar-refractivity contribution in [2.75, 3.05) is 17.3 Å². The van der Waals surface area contributed by atoms with Crippen LogP contribution < -0.4 is 0 Å². The van der Waals surface area contributed by atoms with Crippen LogP contribution in [0.4, 0.5) is 0 Å². The van der Waals surface area contributed by atoms with E-state index in [1.807, 2.05) is 35.3 Å². The second-order valence-electron chi connectivity index (χ2n) is 8.41. The molecule has 3 atom stereocenters. The molecule has 3 rings (SSSR count). The van der Waals surface area contributed by atoms with E-state index in [2.05, 4.69) is 6.92 Å². The normalized spacial score (nSPS) is 26.1. The molecular weight excluding hydrogens is 779 g/mol. The Bertz CT molecular complexity index is 529. The van der Waals surface area contributed by atoms with Gasteiger partial charge in [-0.15, -0.1) is 0 Å². The Morgan fingerprint density at radius 2 is 1.00 bits per heavy atom. The fraction of sp³-hybridized carbons (Fsp3) is 0.857. The van der Waals surface area contributed by atoms with Crippen LogP contribution in [0.1, 0.15) is 32.6 Å². The van der Waals surface area contributed by atoms with Gasteiger partial charge in [0.25, 0.3) is 0 Å². The first-order valence-corrected chi connectivity index (χ1v) is 23.6. The molecule has 0 bridgehead atoms. The van der Waals surface area contributed by atoms with Crippen LogP contribution in [0.15, 0.2) is 0 Å². The van der Waals surface area contributed by atoms with E-state index in [0.717, 1.165) is 35.6 Å². The third-order valence-corrected chi connectivity index (χ3v) is 20.2. The van der Waals surface area contributed by atoms with Crippen molar-refractivity contribution in [3.63, 3.8) is 0 Å². The predicted molar refractivity (Wildman–Crippen MR) is 136 cm³/mol. The summed E-state index contributed by atoms with van der Waals surface area (Å²) in [6.45, 7) is 2.10. The molecular formula is C21H32O3S3Te3. The standard InChI is InChI=1S/C21H32O3S3Te3/c1-2-21(3-15(22)9-28-12-18-6-25-18,4-16(23)10-29-13-19-7-26-19)5-17(24)11-30-14-20-8-27-20/h18-20H,2-14H2,1H3. The molecule has 3 heterocycles. The van der Waals surface area contributed by atoms with Crippen LogP contribution >= 0.6 is 35.3 Å². The van der Waals surface area contributed by atoms with Crippen LogP contribution in [0.5, 0.6) is 0 Å². The van der Waals surface area contributed by atoms with E-state index in [1.165, 1.54) is 30.7 Å². The number of thioether (sulfide) groups is 3. The number of hydrogen-bond donors (Lipinski definition) is 0. The summed E-state index contributed by atoms with van der Waals surface area (Å²) in [6, 6.07) is 0. The van der Waals surface area contributed by atoms with Gasteiger partial charge in [0.1, 0.15) is 0 Å². The molecule has 0 radical (unpaired) electrons. The average Bonchev–Trinajstić information content (AvgIpc) is 3.52. The number of carbonyl (C=O) groups is 3. The second kappa shape index (κ2) is 14.1. The zero-order valence-electron chi connectivity index (χ0n) is 17.6. The first kappa shape index (κ1) is 27.0. The Labute approximate surface area is 224 Å². The van der Waals surface area contributed by atoms with Gasteiger partial charge in [0.2, 0.25) is 0 Å². The van der Waals surface area contributed by atoms with Gasteiger partial charge in [-0.1, -0.05) is 0 Å². The van der Waals surface area contributed by atoms with Crippen LogP contribution in [-0.2, 0) is 14.4 Å². The zero-order chi connectivity index (χ0) is 21.4. The minimum absolute atomic E-state index is 0.233. The quantitative estimate of drug-likeness (QED) is 0.144. The second-order valence-corrected chi connectivity index (χ2v) is 21.2. The molecule has 170 valence electrons. The van der Waals surface area contributed by atoms with Crippen molar-refractivity contribution in [1.82, 2.24) is 0 Å². The Balaban J connectivity index is 1.49. The van der Waals surface area contributed by atoms with Gasteiger partial charge < -0.3 is 0 Å². The Kier molecular flexibility index (Phi) is 12.7. The van der Waals surface area contributed by atoms with Crippen molar-refractivity contribution in [3.8, 4) is 0 Å². The van der Waals surface area contributed by atoms with Crippen molar-refractivity contribution in [2.45, 2.75) is 75.2 Å². The summed E-state index contributed by atoms with van der Waals surface area (Å²) in [5.41, 5.74) is -0.380. The SMILES string of the molecule is CCC(CC(=O)C[Te]CC1CS1)(CC(=O)C[Te]CC1CS1)CC(=O)C[Te]CC1CS1. The van der Waals surface area contributed by atoms with Crippen LogP contribution in [-0.4, -0.2) is 113 Å². The molecule has 3 nitrogen and oxygen atoms in total. The van der Waals surface area contributed by atoms with Crippen LogP contribution in [0.2, 0.25) is 26.8 Å². The van der Waals surface area contributed by atoms with E-state index >= 15 is 0 Å². The molecule has 0 saturated carbocycles. The van der Waals surface area contributed by atoms with Crippen molar-refractivity contribution in [1.29, 1.82) is 0 Å². The van der Waals surface area contributed by atoms with Gasteiger partial charge in [-0.2, -0.15) is 0 Å². The van der Waals surface area contributed by atoms with Gasteiger partial charge in [-0.3, -0.25) is 0 Å². The maximum absolute atomic E-state index is 12.8. The molecule has 3 aliphatic heterocycles. The number of Topliss-reactive ketones (excluding diaryl/α,β-unsaturated/α-hetero) is 3. The molecule has 3 aliphatic rings. The molecule has 0 aliphatic carbocycles. The first-order valence-electron chi connectivity index (χ1n) is 10.6. The summed E-state index contributed by atoms with van der Waals surface area (Å²) in [5, 5.41) is 2.51. The first-order chi connectivity index (χ1) is 14.5. The molecule has 0 aromatic heterocycles. The Morgan fingerprint density at radius 1 is 0.700 bits per heavy atom. The molecule has 3 fully saturated rings. The number of rotatable bonds is 19. The number of hydrogen-bond acceptors (Lipinski definition) is 6. The van der Waals surface area contributed by atoms with Gasteiger partial charge in [0.05, 0.1) is 0 Å².